The zero-order chi connectivity index (χ0) is 17.7. The van der Waals surface area contributed by atoms with Gasteiger partial charge in [0.2, 0.25) is 0 Å². The molecule has 24 heavy (non-hydrogen) atoms. The average Bonchev–Trinajstić information content (AvgIpc) is 3.36. The van der Waals surface area contributed by atoms with E-state index >= 15 is 0 Å². The Morgan fingerprint density at radius 2 is 2.21 bits per heavy atom. The van der Waals surface area contributed by atoms with E-state index in [1.165, 1.54) is 25.1 Å². The van der Waals surface area contributed by atoms with Crippen molar-refractivity contribution in [3.05, 3.63) is 46.5 Å². The minimum Gasteiger partial charge on any atom is -0.449 e. The Morgan fingerprint density at radius 1 is 1.50 bits per heavy atom. The topological polar surface area (TPSA) is 111 Å². The van der Waals surface area contributed by atoms with Crippen LogP contribution in [0.1, 0.15) is 30.1 Å². The molecule has 2 N–H and O–H groups in total. The van der Waals surface area contributed by atoms with Crippen molar-refractivity contribution in [3.63, 3.8) is 0 Å². The number of nitro groups is 1. The van der Waals surface area contributed by atoms with Crippen LogP contribution < -0.4 is 10.6 Å². The second-order valence-electron chi connectivity index (χ2n) is 5.49. The fraction of sp³-hybridized carbons (Fsp3) is 0.375. The maximum atomic E-state index is 12.1. The molecule has 0 spiro atoms. The molecule has 1 amide bonds. The van der Waals surface area contributed by atoms with Crippen molar-refractivity contribution in [3.8, 4) is 0 Å². The van der Waals surface area contributed by atoms with Crippen LogP contribution in [-0.4, -0.2) is 35.5 Å². The van der Waals surface area contributed by atoms with Crippen molar-refractivity contribution in [2.75, 3.05) is 11.9 Å². The second kappa shape index (κ2) is 7.58. The van der Waals surface area contributed by atoms with Crippen LogP contribution in [0.3, 0.4) is 0 Å². The first-order valence-electron chi connectivity index (χ1n) is 7.57. The summed E-state index contributed by atoms with van der Waals surface area (Å²) in [5.74, 6) is -1.26. The van der Waals surface area contributed by atoms with E-state index < -0.39 is 22.9 Å². The van der Waals surface area contributed by atoms with E-state index in [0.29, 0.717) is 5.69 Å². The lowest BCUT2D eigenvalue weighted by molar-refractivity contribution is -0.384. The predicted molar refractivity (Wildman–Crippen MR) is 87.8 cm³/mol. The van der Waals surface area contributed by atoms with Crippen molar-refractivity contribution in [2.45, 2.75) is 31.9 Å². The normalized spacial score (nSPS) is 14.4. The number of amides is 1. The molecule has 1 atom stereocenters. The van der Waals surface area contributed by atoms with E-state index in [0.717, 1.165) is 18.9 Å². The standard InChI is InChI=1S/C16H19N3O5/c1-3-8-17-15(20)10(2)24-16(21)11-4-7-13(18-12-5-6-12)14(9-11)19(22)23/h3-4,7,9-10,12,18H,1,5-6,8H2,2H3,(H,17,20)/t10-/m0/s1. The first kappa shape index (κ1) is 17.5. The molecule has 0 heterocycles. The van der Waals surface area contributed by atoms with Crippen molar-refractivity contribution in [1.82, 2.24) is 5.32 Å². The van der Waals surface area contributed by atoms with E-state index in [1.54, 1.807) is 0 Å². The highest BCUT2D eigenvalue weighted by Gasteiger charge is 2.26. The van der Waals surface area contributed by atoms with Crippen LogP contribution >= 0.6 is 0 Å². The Labute approximate surface area is 139 Å². The smallest absolute Gasteiger partial charge is 0.339 e. The monoisotopic (exact) mass is 333 g/mol. The van der Waals surface area contributed by atoms with Gasteiger partial charge in [-0.05, 0) is 31.9 Å². The third kappa shape index (κ3) is 4.55. The summed E-state index contributed by atoms with van der Waals surface area (Å²) < 4.78 is 5.04. The van der Waals surface area contributed by atoms with Gasteiger partial charge in [-0.15, -0.1) is 6.58 Å². The van der Waals surface area contributed by atoms with Crippen LogP contribution in [0.2, 0.25) is 0 Å². The van der Waals surface area contributed by atoms with Crippen molar-refractivity contribution in [1.29, 1.82) is 0 Å². The highest BCUT2D eigenvalue weighted by molar-refractivity contribution is 5.93. The van der Waals surface area contributed by atoms with Gasteiger partial charge in [0.05, 0.1) is 10.5 Å². The third-order valence-corrected chi connectivity index (χ3v) is 3.44. The number of nitrogens with zero attached hydrogens (tertiary/aromatic N) is 1. The van der Waals surface area contributed by atoms with E-state index in [2.05, 4.69) is 17.2 Å². The van der Waals surface area contributed by atoms with E-state index in [1.807, 2.05) is 0 Å². The third-order valence-electron chi connectivity index (χ3n) is 3.44. The van der Waals surface area contributed by atoms with Gasteiger partial charge in [0, 0.05) is 18.7 Å². The number of nitrogens with one attached hydrogen (secondary N) is 2. The number of hydrogen-bond acceptors (Lipinski definition) is 6. The summed E-state index contributed by atoms with van der Waals surface area (Å²) in [6.45, 7) is 5.15. The van der Waals surface area contributed by atoms with Crippen molar-refractivity contribution < 1.29 is 19.2 Å². The highest BCUT2D eigenvalue weighted by Crippen LogP contribution is 2.31. The molecule has 1 fully saturated rings. The lowest BCUT2D eigenvalue weighted by atomic mass is 10.1. The molecule has 0 unspecified atom stereocenters. The number of nitro benzene ring substituents is 1. The number of carbonyl (C=O) groups is 2. The second-order valence-corrected chi connectivity index (χ2v) is 5.49. The molecule has 1 saturated carbocycles. The quantitative estimate of drug-likeness (QED) is 0.326. The van der Waals surface area contributed by atoms with Gasteiger partial charge in [-0.25, -0.2) is 4.79 Å². The summed E-state index contributed by atoms with van der Waals surface area (Å²) in [6, 6.07) is 4.32. The number of hydrogen-bond donors (Lipinski definition) is 2. The maximum Gasteiger partial charge on any atom is 0.339 e. The lowest BCUT2D eigenvalue weighted by Crippen LogP contribution is -2.35. The molecule has 1 aromatic carbocycles. The fourth-order valence-corrected chi connectivity index (χ4v) is 1.98. The Morgan fingerprint density at radius 3 is 2.79 bits per heavy atom. The first-order valence-corrected chi connectivity index (χ1v) is 7.57. The van der Waals surface area contributed by atoms with Crippen LogP contribution in [-0.2, 0) is 9.53 Å². The van der Waals surface area contributed by atoms with E-state index in [4.69, 9.17) is 4.74 Å². The van der Waals surface area contributed by atoms with Gasteiger partial charge < -0.3 is 15.4 Å². The number of benzene rings is 1. The molecule has 0 aromatic heterocycles. The van der Waals surface area contributed by atoms with Crippen molar-refractivity contribution >= 4 is 23.3 Å². The van der Waals surface area contributed by atoms with Gasteiger partial charge in [-0.3, -0.25) is 14.9 Å². The number of carbonyl (C=O) groups excluding carboxylic acids is 2. The molecule has 8 nitrogen and oxygen atoms in total. The average molecular weight is 333 g/mol. The molecule has 2 rings (SSSR count). The zero-order valence-electron chi connectivity index (χ0n) is 13.3. The van der Waals surface area contributed by atoms with E-state index in [9.17, 15) is 19.7 Å². The first-order chi connectivity index (χ1) is 11.4. The van der Waals surface area contributed by atoms with Gasteiger partial charge in [-0.1, -0.05) is 6.08 Å². The summed E-state index contributed by atoms with van der Waals surface area (Å²) in [5.41, 5.74) is 0.197. The summed E-state index contributed by atoms with van der Waals surface area (Å²) in [4.78, 5) is 34.4. The molecule has 0 aliphatic heterocycles. The van der Waals surface area contributed by atoms with Gasteiger partial charge >= 0.3 is 5.97 Å². The molecular weight excluding hydrogens is 314 g/mol. The Balaban J connectivity index is 2.08. The fourth-order valence-electron chi connectivity index (χ4n) is 1.98. The minimum absolute atomic E-state index is 0.0198. The summed E-state index contributed by atoms with van der Waals surface area (Å²) in [5, 5.41) is 16.7. The highest BCUT2D eigenvalue weighted by atomic mass is 16.6. The van der Waals surface area contributed by atoms with E-state index in [-0.39, 0.29) is 23.8 Å². The lowest BCUT2D eigenvalue weighted by Gasteiger charge is -2.13. The summed E-state index contributed by atoms with van der Waals surface area (Å²) in [7, 11) is 0. The predicted octanol–water partition coefficient (Wildman–Crippen LogP) is 2.02. The molecule has 8 heteroatoms. The van der Waals surface area contributed by atoms with Crippen LogP contribution in [0.15, 0.2) is 30.9 Å². The molecule has 0 bridgehead atoms. The number of rotatable bonds is 8. The maximum absolute atomic E-state index is 12.1. The van der Waals surface area contributed by atoms with Gasteiger partial charge in [0.15, 0.2) is 6.10 Å². The Hall–Kier alpha value is -2.90. The Bertz CT molecular complexity index is 670. The SMILES string of the molecule is C=CCNC(=O)[C@H](C)OC(=O)c1ccc(NC2CC2)c([N+](=O)[O-])c1. The van der Waals surface area contributed by atoms with Crippen LogP contribution in [0, 0.1) is 10.1 Å². The minimum atomic E-state index is -1.01. The van der Waals surface area contributed by atoms with Crippen LogP contribution in [0.25, 0.3) is 0 Å². The molecular formula is C16H19N3O5. The largest absolute Gasteiger partial charge is 0.449 e. The number of esters is 1. The molecule has 1 aromatic rings. The van der Waals surface area contributed by atoms with Crippen LogP contribution in [0.4, 0.5) is 11.4 Å². The molecule has 0 saturated heterocycles. The summed E-state index contributed by atoms with van der Waals surface area (Å²) >= 11 is 0. The molecule has 0 radical (unpaired) electrons. The van der Waals surface area contributed by atoms with Gasteiger partial charge in [0.25, 0.3) is 11.6 Å². The van der Waals surface area contributed by atoms with Gasteiger partial charge in [-0.2, -0.15) is 0 Å². The number of ether oxygens (including phenoxy) is 1. The van der Waals surface area contributed by atoms with Crippen LogP contribution in [0.5, 0.6) is 0 Å². The van der Waals surface area contributed by atoms with Gasteiger partial charge in [0.1, 0.15) is 5.69 Å². The zero-order valence-corrected chi connectivity index (χ0v) is 13.3. The Kier molecular flexibility index (Phi) is 5.51. The molecule has 1 aliphatic carbocycles. The molecule has 1 aliphatic rings. The number of anilines is 1. The molecule has 128 valence electrons. The van der Waals surface area contributed by atoms with Crippen molar-refractivity contribution in [2.24, 2.45) is 0 Å². The summed E-state index contributed by atoms with van der Waals surface area (Å²) in [6.07, 6.45) is 2.43.